The lowest BCUT2D eigenvalue weighted by Crippen LogP contribution is -2.22. The molecule has 0 aliphatic carbocycles. The van der Waals surface area contributed by atoms with Crippen LogP contribution in [0.1, 0.15) is 53.4 Å². The van der Waals surface area contributed by atoms with Crippen molar-refractivity contribution in [3.05, 3.63) is 0 Å². The summed E-state index contributed by atoms with van der Waals surface area (Å²) < 4.78 is 0. The minimum Gasteiger partial charge on any atom is -0.396 e. The van der Waals surface area contributed by atoms with Crippen molar-refractivity contribution in [2.75, 3.05) is 6.61 Å². The normalized spacial score (nSPS) is 16.7. The van der Waals surface area contributed by atoms with Crippen molar-refractivity contribution in [1.29, 1.82) is 0 Å². The molecule has 0 amide bonds. The summed E-state index contributed by atoms with van der Waals surface area (Å²) >= 11 is 0. The van der Waals surface area contributed by atoms with Crippen molar-refractivity contribution in [2.45, 2.75) is 59.5 Å². The molecule has 86 valence electrons. The number of hydrogen-bond donors (Lipinski definition) is 2. The first kappa shape index (κ1) is 13.9. The zero-order valence-corrected chi connectivity index (χ0v) is 10.1. The third-order valence-electron chi connectivity index (χ3n) is 2.87. The van der Waals surface area contributed by atoms with E-state index in [-0.39, 0.29) is 18.1 Å². The van der Waals surface area contributed by atoms with Gasteiger partial charge in [0.2, 0.25) is 0 Å². The predicted molar refractivity (Wildman–Crippen MR) is 60.2 cm³/mol. The van der Waals surface area contributed by atoms with E-state index >= 15 is 0 Å². The van der Waals surface area contributed by atoms with E-state index in [0.717, 1.165) is 25.7 Å². The van der Waals surface area contributed by atoms with Crippen LogP contribution in [0, 0.1) is 11.3 Å². The summed E-state index contributed by atoms with van der Waals surface area (Å²) in [6.07, 6.45) is 3.66. The van der Waals surface area contributed by atoms with E-state index in [0.29, 0.717) is 5.92 Å². The third-order valence-corrected chi connectivity index (χ3v) is 2.87. The Morgan fingerprint density at radius 2 is 1.64 bits per heavy atom. The first-order chi connectivity index (χ1) is 6.38. The van der Waals surface area contributed by atoms with Crippen molar-refractivity contribution in [2.24, 2.45) is 11.3 Å². The number of aliphatic hydroxyl groups excluding tert-OH is 2. The molecule has 0 rings (SSSR count). The molecule has 0 heterocycles. The van der Waals surface area contributed by atoms with Gasteiger partial charge < -0.3 is 10.2 Å². The molecule has 0 fully saturated rings. The first-order valence-electron chi connectivity index (χ1n) is 5.67. The van der Waals surface area contributed by atoms with Gasteiger partial charge in [0.1, 0.15) is 0 Å². The second-order valence-electron chi connectivity index (χ2n) is 5.36. The van der Waals surface area contributed by atoms with Crippen LogP contribution in [0.15, 0.2) is 0 Å². The molecule has 0 aromatic carbocycles. The topological polar surface area (TPSA) is 40.5 Å². The van der Waals surface area contributed by atoms with Crippen LogP contribution in [0.5, 0.6) is 0 Å². The van der Waals surface area contributed by atoms with Gasteiger partial charge in [-0.1, -0.05) is 20.8 Å². The second kappa shape index (κ2) is 6.41. The molecule has 2 heteroatoms. The van der Waals surface area contributed by atoms with Gasteiger partial charge in [-0.25, -0.2) is 0 Å². The van der Waals surface area contributed by atoms with Crippen molar-refractivity contribution in [3.63, 3.8) is 0 Å². The smallest absolute Gasteiger partial charge is 0.0512 e. The van der Waals surface area contributed by atoms with Crippen LogP contribution in [0.2, 0.25) is 0 Å². The van der Waals surface area contributed by atoms with Gasteiger partial charge in [0.15, 0.2) is 0 Å². The summed E-state index contributed by atoms with van der Waals surface area (Å²) in [5.74, 6) is 0.601. The first-order valence-corrected chi connectivity index (χ1v) is 5.67. The van der Waals surface area contributed by atoms with Crippen LogP contribution in [-0.4, -0.2) is 22.9 Å². The van der Waals surface area contributed by atoms with Crippen molar-refractivity contribution in [1.82, 2.24) is 0 Å². The van der Waals surface area contributed by atoms with E-state index in [2.05, 4.69) is 20.8 Å². The average Bonchev–Trinajstić information content (AvgIpc) is 2.01. The Hall–Kier alpha value is -0.0800. The molecule has 0 saturated heterocycles. The summed E-state index contributed by atoms with van der Waals surface area (Å²) in [6, 6.07) is 0. The SMILES string of the molecule is CC(O)CCC(CCCO)C(C)(C)C. The van der Waals surface area contributed by atoms with Gasteiger partial charge in [-0.05, 0) is 43.9 Å². The highest BCUT2D eigenvalue weighted by molar-refractivity contribution is 4.74. The number of aliphatic hydroxyl groups is 2. The Kier molecular flexibility index (Phi) is 6.38. The Morgan fingerprint density at radius 1 is 1.07 bits per heavy atom. The van der Waals surface area contributed by atoms with E-state index in [1.54, 1.807) is 0 Å². The standard InChI is InChI=1S/C12H26O2/c1-10(14)7-8-11(6-5-9-13)12(2,3)4/h10-11,13-14H,5-9H2,1-4H3. The third kappa shape index (κ3) is 6.39. The second-order valence-corrected chi connectivity index (χ2v) is 5.36. The van der Waals surface area contributed by atoms with Crippen LogP contribution in [0.25, 0.3) is 0 Å². The monoisotopic (exact) mass is 202 g/mol. The van der Waals surface area contributed by atoms with Gasteiger partial charge in [0.25, 0.3) is 0 Å². The lowest BCUT2D eigenvalue weighted by Gasteiger charge is -2.31. The van der Waals surface area contributed by atoms with Gasteiger partial charge >= 0.3 is 0 Å². The van der Waals surface area contributed by atoms with Gasteiger partial charge in [-0.2, -0.15) is 0 Å². The van der Waals surface area contributed by atoms with Crippen molar-refractivity contribution in [3.8, 4) is 0 Å². The molecule has 2 N–H and O–H groups in total. The zero-order chi connectivity index (χ0) is 11.2. The van der Waals surface area contributed by atoms with E-state index < -0.39 is 0 Å². The Morgan fingerprint density at radius 3 is 2.00 bits per heavy atom. The van der Waals surface area contributed by atoms with Crippen LogP contribution in [0.3, 0.4) is 0 Å². The molecular formula is C12H26O2. The maximum Gasteiger partial charge on any atom is 0.0512 e. The molecule has 0 aromatic heterocycles. The quantitative estimate of drug-likeness (QED) is 0.695. The molecule has 2 unspecified atom stereocenters. The number of rotatable bonds is 6. The number of hydrogen-bond acceptors (Lipinski definition) is 2. The minimum absolute atomic E-state index is 0.200. The molecule has 0 radical (unpaired) electrons. The van der Waals surface area contributed by atoms with Gasteiger partial charge in [0.05, 0.1) is 6.10 Å². The van der Waals surface area contributed by atoms with Crippen LogP contribution in [-0.2, 0) is 0 Å². The Balaban J connectivity index is 3.98. The van der Waals surface area contributed by atoms with Crippen molar-refractivity contribution < 1.29 is 10.2 Å². The van der Waals surface area contributed by atoms with E-state index in [1.807, 2.05) is 6.92 Å². The zero-order valence-electron chi connectivity index (χ0n) is 10.1. The van der Waals surface area contributed by atoms with Crippen LogP contribution >= 0.6 is 0 Å². The molecular weight excluding hydrogens is 176 g/mol. The van der Waals surface area contributed by atoms with E-state index in [1.165, 1.54) is 0 Å². The van der Waals surface area contributed by atoms with Gasteiger partial charge in [0, 0.05) is 6.61 Å². The summed E-state index contributed by atoms with van der Waals surface area (Å²) in [7, 11) is 0. The summed E-state index contributed by atoms with van der Waals surface area (Å²) in [6.45, 7) is 8.82. The average molecular weight is 202 g/mol. The summed E-state index contributed by atoms with van der Waals surface area (Å²) in [4.78, 5) is 0. The molecule has 0 spiro atoms. The lowest BCUT2D eigenvalue weighted by molar-refractivity contribution is 0.137. The van der Waals surface area contributed by atoms with E-state index in [9.17, 15) is 5.11 Å². The molecule has 0 aromatic rings. The fourth-order valence-corrected chi connectivity index (χ4v) is 1.79. The van der Waals surface area contributed by atoms with E-state index in [4.69, 9.17) is 5.11 Å². The molecule has 2 atom stereocenters. The van der Waals surface area contributed by atoms with Gasteiger partial charge in [-0.15, -0.1) is 0 Å². The summed E-state index contributed by atoms with van der Waals surface area (Å²) in [5.41, 5.74) is 0.282. The molecule has 2 nitrogen and oxygen atoms in total. The largest absolute Gasteiger partial charge is 0.396 e. The van der Waals surface area contributed by atoms with Crippen LogP contribution < -0.4 is 0 Å². The predicted octanol–water partition coefficient (Wildman–Crippen LogP) is 2.58. The Bertz CT molecular complexity index is 136. The highest BCUT2D eigenvalue weighted by atomic mass is 16.3. The fourth-order valence-electron chi connectivity index (χ4n) is 1.79. The highest BCUT2D eigenvalue weighted by Crippen LogP contribution is 2.33. The minimum atomic E-state index is -0.200. The molecule has 0 aliphatic heterocycles. The maximum absolute atomic E-state index is 9.24. The Labute approximate surface area is 88.3 Å². The molecule has 0 bridgehead atoms. The molecule has 0 saturated carbocycles. The summed E-state index contributed by atoms with van der Waals surface area (Å²) in [5, 5.41) is 18.1. The highest BCUT2D eigenvalue weighted by Gasteiger charge is 2.23. The lowest BCUT2D eigenvalue weighted by atomic mass is 9.75. The molecule has 14 heavy (non-hydrogen) atoms. The van der Waals surface area contributed by atoms with Crippen molar-refractivity contribution >= 4 is 0 Å². The van der Waals surface area contributed by atoms with Crippen LogP contribution in [0.4, 0.5) is 0 Å². The maximum atomic E-state index is 9.24. The fraction of sp³-hybridized carbons (Fsp3) is 1.00. The van der Waals surface area contributed by atoms with Gasteiger partial charge in [-0.3, -0.25) is 0 Å². The molecule has 0 aliphatic rings.